The quantitative estimate of drug-likeness (QED) is 0.555. The van der Waals surface area contributed by atoms with Crippen LogP contribution in [0.15, 0.2) is 42.0 Å². The van der Waals surface area contributed by atoms with E-state index >= 15 is 0 Å². The second-order valence-electron chi connectivity index (χ2n) is 9.04. The molecule has 1 heterocycles. The molecule has 4 rings (SSSR count). The Labute approximate surface area is 185 Å². The molecule has 0 bridgehead atoms. The summed E-state index contributed by atoms with van der Waals surface area (Å²) in [5.41, 5.74) is 3.05. The fourth-order valence-electron chi connectivity index (χ4n) is 5.86. The first kappa shape index (κ1) is 22.1. The Morgan fingerprint density at radius 1 is 1.23 bits per heavy atom. The minimum Gasteiger partial charge on any atom is -0.458 e. The van der Waals surface area contributed by atoms with Crippen LogP contribution in [0.25, 0.3) is 0 Å². The number of allylic oxidation sites excluding steroid dienone is 2. The lowest BCUT2D eigenvalue weighted by Gasteiger charge is -2.53. The van der Waals surface area contributed by atoms with Crippen molar-refractivity contribution in [2.24, 2.45) is 17.8 Å². The Bertz CT molecular complexity index is 876. The zero-order valence-corrected chi connectivity index (χ0v) is 18.9. The number of carbonyl (C=O) groups is 1. The molecule has 1 aliphatic heterocycles. The monoisotopic (exact) mass is 425 g/mol. The van der Waals surface area contributed by atoms with Crippen molar-refractivity contribution in [2.45, 2.75) is 57.2 Å². The standard InChI is InChI=1S/C26H35NO4/c1-4-5-9-19-17(8-6-7-14-28)15-20-22(29)12-13-26(30-3)25(20)24(19)21-16-18(27-2)10-11-23(21)31-26/h10-13,15-17,19,24-25,27-28H,4-9,14H2,1-3H3/t17?,19-,24?,25-,26-/m1/s1. The van der Waals surface area contributed by atoms with Crippen LogP contribution in [-0.2, 0) is 9.53 Å². The molecule has 0 aromatic heterocycles. The van der Waals surface area contributed by atoms with Crippen molar-refractivity contribution in [1.82, 2.24) is 0 Å². The second-order valence-corrected chi connectivity index (χ2v) is 9.04. The molecule has 5 atom stereocenters. The third-order valence-corrected chi connectivity index (χ3v) is 7.37. The number of benzene rings is 1. The van der Waals surface area contributed by atoms with Gasteiger partial charge in [-0.25, -0.2) is 0 Å². The summed E-state index contributed by atoms with van der Waals surface area (Å²) in [6, 6.07) is 6.24. The smallest absolute Gasteiger partial charge is 0.238 e. The van der Waals surface area contributed by atoms with Crippen LogP contribution in [-0.4, -0.2) is 37.4 Å². The molecule has 0 spiro atoms. The van der Waals surface area contributed by atoms with Crippen molar-refractivity contribution in [3.8, 4) is 5.75 Å². The first-order valence-corrected chi connectivity index (χ1v) is 11.7. The highest BCUT2D eigenvalue weighted by Crippen LogP contribution is 2.59. The normalized spacial score (nSPS) is 30.8. The molecule has 2 aliphatic carbocycles. The van der Waals surface area contributed by atoms with Crippen LogP contribution in [0.2, 0.25) is 0 Å². The maximum Gasteiger partial charge on any atom is 0.238 e. The van der Waals surface area contributed by atoms with E-state index in [9.17, 15) is 9.90 Å². The molecule has 5 nitrogen and oxygen atoms in total. The van der Waals surface area contributed by atoms with Gasteiger partial charge in [0.2, 0.25) is 5.79 Å². The number of aliphatic hydroxyl groups is 1. The number of hydrogen-bond acceptors (Lipinski definition) is 5. The van der Waals surface area contributed by atoms with Gasteiger partial charge in [0.05, 0.1) is 5.92 Å². The van der Waals surface area contributed by atoms with E-state index in [-0.39, 0.29) is 24.2 Å². The van der Waals surface area contributed by atoms with E-state index in [0.29, 0.717) is 11.8 Å². The number of hydrogen-bond donors (Lipinski definition) is 2. The van der Waals surface area contributed by atoms with Gasteiger partial charge in [0.15, 0.2) is 5.78 Å². The second kappa shape index (κ2) is 9.17. The molecule has 1 aromatic carbocycles. The highest BCUT2D eigenvalue weighted by molar-refractivity contribution is 6.06. The first-order valence-electron chi connectivity index (χ1n) is 11.7. The average Bonchev–Trinajstić information content (AvgIpc) is 2.80. The number of carbonyl (C=O) groups excluding carboxylic acids is 1. The Morgan fingerprint density at radius 3 is 2.77 bits per heavy atom. The summed E-state index contributed by atoms with van der Waals surface area (Å²) in [7, 11) is 3.60. The number of rotatable bonds is 9. The van der Waals surface area contributed by atoms with Crippen molar-refractivity contribution >= 4 is 11.5 Å². The van der Waals surface area contributed by atoms with E-state index in [0.717, 1.165) is 55.5 Å². The molecule has 0 radical (unpaired) electrons. The molecule has 31 heavy (non-hydrogen) atoms. The van der Waals surface area contributed by atoms with Crippen LogP contribution in [0.1, 0.15) is 56.9 Å². The summed E-state index contributed by atoms with van der Waals surface area (Å²) in [5, 5.41) is 12.6. The molecule has 0 saturated carbocycles. The predicted octanol–water partition coefficient (Wildman–Crippen LogP) is 4.83. The maximum atomic E-state index is 13.0. The van der Waals surface area contributed by atoms with E-state index in [1.807, 2.05) is 25.3 Å². The molecule has 0 fully saturated rings. The van der Waals surface area contributed by atoms with Crippen molar-refractivity contribution in [2.75, 3.05) is 26.1 Å². The van der Waals surface area contributed by atoms with E-state index in [1.165, 1.54) is 5.56 Å². The molecular formula is C26H35NO4. The largest absolute Gasteiger partial charge is 0.458 e. The molecule has 5 heteroatoms. The molecular weight excluding hydrogens is 390 g/mol. The summed E-state index contributed by atoms with van der Waals surface area (Å²) in [6.45, 7) is 2.44. The van der Waals surface area contributed by atoms with E-state index < -0.39 is 5.79 Å². The highest BCUT2D eigenvalue weighted by Gasteiger charge is 2.58. The molecule has 0 amide bonds. The fourth-order valence-corrected chi connectivity index (χ4v) is 5.86. The van der Waals surface area contributed by atoms with Gasteiger partial charge in [-0.05, 0) is 61.4 Å². The lowest BCUT2D eigenvalue weighted by molar-refractivity contribution is -0.180. The predicted molar refractivity (Wildman–Crippen MR) is 122 cm³/mol. The number of ether oxygens (including phenoxy) is 2. The van der Waals surface area contributed by atoms with E-state index in [2.05, 4.69) is 24.4 Å². The zero-order valence-electron chi connectivity index (χ0n) is 18.9. The molecule has 0 saturated heterocycles. The summed E-state index contributed by atoms with van der Waals surface area (Å²) >= 11 is 0. The van der Waals surface area contributed by atoms with Gasteiger partial charge >= 0.3 is 0 Å². The SMILES string of the molecule is CCCC[C@@H]1C(CCCCO)C=C2C(=O)C=C[C@@]3(OC)Oc4ccc(NC)cc4C1[C@@H]23. The summed E-state index contributed by atoms with van der Waals surface area (Å²) in [5.74, 6) is 0.680. The Morgan fingerprint density at radius 2 is 2.06 bits per heavy atom. The molecule has 3 aliphatic rings. The maximum absolute atomic E-state index is 13.0. The van der Waals surface area contributed by atoms with Gasteiger partial charge < -0.3 is 19.9 Å². The van der Waals surface area contributed by atoms with Crippen LogP contribution >= 0.6 is 0 Å². The Hall–Kier alpha value is -2.11. The first-order chi connectivity index (χ1) is 15.1. The zero-order chi connectivity index (χ0) is 22.0. The molecule has 2 unspecified atom stereocenters. The van der Waals surface area contributed by atoms with Crippen molar-refractivity contribution in [1.29, 1.82) is 0 Å². The van der Waals surface area contributed by atoms with Crippen molar-refractivity contribution < 1.29 is 19.4 Å². The summed E-state index contributed by atoms with van der Waals surface area (Å²) in [4.78, 5) is 13.0. The number of nitrogens with one attached hydrogen (secondary N) is 1. The molecule has 168 valence electrons. The van der Waals surface area contributed by atoms with Crippen molar-refractivity contribution in [3.05, 3.63) is 47.6 Å². The average molecular weight is 426 g/mol. The number of ketones is 1. The Balaban J connectivity index is 1.87. The highest BCUT2D eigenvalue weighted by atomic mass is 16.7. The third-order valence-electron chi connectivity index (χ3n) is 7.37. The molecule has 1 aromatic rings. The van der Waals surface area contributed by atoms with Gasteiger partial charge in [-0.3, -0.25) is 4.79 Å². The lowest BCUT2D eigenvalue weighted by Crippen LogP contribution is -2.56. The van der Waals surface area contributed by atoms with Crippen LogP contribution in [0.4, 0.5) is 5.69 Å². The van der Waals surface area contributed by atoms with Crippen LogP contribution in [0, 0.1) is 17.8 Å². The number of anilines is 1. The minimum absolute atomic E-state index is 0.0700. The summed E-state index contributed by atoms with van der Waals surface area (Å²) < 4.78 is 12.5. The lowest BCUT2D eigenvalue weighted by atomic mass is 9.57. The number of fused-ring (bicyclic) bond motifs is 2. The molecule has 2 N–H and O–H groups in total. The van der Waals surface area contributed by atoms with Gasteiger partial charge in [-0.2, -0.15) is 0 Å². The fraction of sp³-hybridized carbons (Fsp3) is 0.577. The van der Waals surface area contributed by atoms with Gasteiger partial charge in [0.25, 0.3) is 0 Å². The third kappa shape index (κ3) is 3.83. The van der Waals surface area contributed by atoms with E-state index in [4.69, 9.17) is 9.47 Å². The van der Waals surface area contributed by atoms with Gasteiger partial charge in [-0.15, -0.1) is 0 Å². The van der Waals surface area contributed by atoms with Crippen LogP contribution in [0.3, 0.4) is 0 Å². The van der Waals surface area contributed by atoms with Gasteiger partial charge in [0.1, 0.15) is 5.75 Å². The van der Waals surface area contributed by atoms with Gasteiger partial charge in [0, 0.05) is 43.5 Å². The topological polar surface area (TPSA) is 67.8 Å². The van der Waals surface area contributed by atoms with Crippen LogP contribution < -0.4 is 10.1 Å². The van der Waals surface area contributed by atoms with E-state index in [1.54, 1.807) is 13.2 Å². The van der Waals surface area contributed by atoms with Crippen LogP contribution in [0.5, 0.6) is 5.75 Å². The number of aliphatic hydroxyl groups excluding tert-OH is 1. The number of methoxy groups -OCH3 is 1. The van der Waals surface area contributed by atoms with Crippen molar-refractivity contribution in [3.63, 3.8) is 0 Å². The minimum atomic E-state index is -0.945. The number of unbranched alkanes of at least 4 members (excludes halogenated alkanes) is 2. The summed E-state index contributed by atoms with van der Waals surface area (Å²) in [6.07, 6.45) is 11.8. The Kier molecular flexibility index (Phi) is 6.54. The van der Waals surface area contributed by atoms with Gasteiger partial charge in [-0.1, -0.05) is 32.3 Å².